The number of amides is 1. The summed E-state index contributed by atoms with van der Waals surface area (Å²) in [6.45, 7) is 2.04. The zero-order valence-electron chi connectivity index (χ0n) is 19.8. The molecule has 1 aliphatic carbocycles. The van der Waals surface area contributed by atoms with Crippen LogP contribution in [0.4, 0.5) is 4.39 Å². The Labute approximate surface area is 205 Å². The van der Waals surface area contributed by atoms with Gasteiger partial charge in [-0.3, -0.25) is 14.7 Å². The number of pyridine rings is 2. The van der Waals surface area contributed by atoms with Crippen molar-refractivity contribution >= 4 is 16.8 Å². The van der Waals surface area contributed by atoms with Gasteiger partial charge in [-0.25, -0.2) is 9.37 Å². The molecule has 1 saturated heterocycles. The van der Waals surface area contributed by atoms with Gasteiger partial charge in [-0.2, -0.15) is 5.26 Å². The van der Waals surface area contributed by atoms with Gasteiger partial charge in [-0.05, 0) is 61.1 Å². The molecule has 1 amide bonds. The second-order valence-corrected chi connectivity index (χ2v) is 9.82. The number of benzene rings is 1. The molecule has 1 aromatic carbocycles. The van der Waals surface area contributed by atoms with Gasteiger partial charge in [0.05, 0.1) is 11.5 Å². The lowest BCUT2D eigenvalue weighted by Gasteiger charge is -2.37. The van der Waals surface area contributed by atoms with E-state index in [0.29, 0.717) is 19.4 Å². The van der Waals surface area contributed by atoms with Gasteiger partial charge >= 0.3 is 0 Å². The molecule has 180 valence electrons. The number of aromatic nitrogens is 2. The van der Waals surface area contributed by atoms with Crippen molar-refractivity contribution in [2.45, 2.75) is 62.9 Å². The number of fused-ring (bicyclic) bond motifs is 1. The van der Waals surface area contributed by atoms with Gasteiger partial charge in [0, 0.05) is 43.5 Å². The second kappa shape index (κ2) is 10.1. The van der Waals surface area contributed by atoms with Gasteiger partial charge in [-0.15, -0.1) is 0 Å². The number of carbonyl (C=O) groups excluding carboxylic acids is 1. The molecule has 1 N–H and O–H groups in total. The van der Waals surface area contributed by atoms with Crippen LogP contribution in [0.2, 0.25) is 0 Å². The highest BCUT2D eigenvalue weighted by molar-refractivity contribution is 5.96. The Morgan fingerprint density at radius 2 is 1.89 bits per heavy atom. The largest absolute Gasteiger partial charge is 0.348 e. The van der Waals surface area contributed by atoms with E-state index >= 15 is 0 Å². The van der Waals surface area contributed by atoms with E-state index in [1.807, 2.05) is 24.3 Å². The third-order valence-electron chi connectivity index (χ3n) is 7.60. The standard InChI is InChI=1S/C28H30FN5O/c29-24-8-4-7-23-20(17-25(33-26(23)24)27(35)32-22-5-2-1-3-6-22)18-34-15-11-28(19-30,12-16-34)21-9-13-31-14-10-21/h4,7-10,13-14,17,22H,1-3,5-6,11-12,15-16,18H2,(H,32,35). The minimum absolute atomic E-state index is 0.159. The van der Waals surface area contributed by atoms with E-state index in [-0.39, 0.29) is 23.2 Å². The van der Waals surface area contributed by atoms with Gasteiger partial charge in [0.25, 0.3) is 5.91 Å². The lowest BCUT2D eigenvalue weighted by molar-refractivity contribution is 0.0922. The Bertz CT molecular complexity index is 1240. The monoisotopic (exact) mass is 471 g/mol. The maximum atomic E-state index is 14.7. The van der Waals surface area contributed by atoms with E-state index in [1.54, 1.807) is 18.5 Å². The maximum absolute atomic E-state index is 14.7. The molecule has 3 aromatic rings. The summed E-state index contributed by atoms with van der Waals surface area (Å²) < 4.78 is 14.7. The van der Waals surface area contributed by atoms with Crippen molar-refractivity contribution in [1.82, 2.24) is 20.2 Å². The van der Waals surface area contributed by atoms with E-state index in [9.17, 15) is 14.4 Å². The lowest BCUT2D eigenvalue weighted by atomic mass is 9.74. The maximum Gasteiger partial charge on any atom is 0.270 e. The molecule has 0 spiro atoms. The molecular formula is C28H30FN5O. The van der Waals surface area contributed by atoms with E-state index < -0.39 is 11.2 Å². The molecule has 1 saturated carbocycles. The molecule has 7 heteroatoms. The lowest BCUT2D eigenvalue weighted by Crippen LogP contribution is -2.41. The Balaban J connectivity index is 1.37. The number of halogens is 1. The highest BCUT2D eigenvalue weighted by Gasteiger charge is 2.36. The summed E-state index contributed by atoms with van der Waals surface area (Å²) >= 11 is 0. The fourth-order valence-electron chi connectivity index (χ4n) is 5.51. The van der Waals surface area contributed by atoms with Gasteiger partial charge in [0.1, 0.15) is 17.0 Å². The smallest absolute Gasteiger partial charge is 0.270 e. The Kier molecular flexibility index (Phi) is 6.74. The first-order valence-electron chi connectivity index (χ1n) is 12.5. The van der Waals surface area contributed by atoms with E-state index in [0.717, 1.165) is 55.3 Å². The fourth-order valence-corrected chi connectivity index (χ4v) is 5.51. The average Bonchev–Trinajstić information content (AvgIpc) is 2.91. The van der Waals surface area contributed by atoms with Crippen LogP contribution < -0.4 is 5.32 Å². The van der Waals surface area contributed by atoms with Crippen molar-refractivity contribution in [3.63, 3.8) is 0 Å². The predicted octanol–water partition coefficient (Wildman–Crippen LogP) is 4.89. The Morgan fingerprint density at radius 3 is 2.60 bits per heavy atom. The summed E-state index contributed by atoms with van der Waals surface area (Å²) in [7, 11) is 0. The molecule has 0 radical (unpaired) electrons. The minimum atomic E-state index is -0.517. The molecule has 0 bridgehead atoms. The molecule has 2 aromatic heterocycles. The first kappa shape index (κ1) is 23.4. The topological polar surface area (TPSA) is 81.9 Å². The number of likely N-dealkylation sites (tertiary alicyclic amines) is 1. The summed E-state index contributed by atoms with van der Waals surface area (Å²) in [5.74, 6) is -0.654. The summed E-state index contributed by atoms with van der Waals surface area (Å²) in [6, 6.07) is 13.3. The molecule has 5 rings (SSSR count). The Hall–Kier alpha value is -3.37. The quantitative estimate of drug-likeness (QED) is 0.573. The number of carbonyl (C=O) groups is 1. The number of nitrogens with one attached hydrogen (secondary N) is 1. The summed E-state index contributed by atoms with van der Waals surface area (Å²) in [4.78, 5) is 23.8. The third-order valence-corrected chi connectivity index (χ3v) is 7.60. The van der Waals surface area contributed by atoms with Crippen LogP contribution in [-0.4, -0.2) is 39.9 Å². The van der Waals surface area contributed by atoms with Crippen molar-refractivity contribution in [1.29, 1.82) is 5.26 Å². The normalized spacial score (nSPS) is 18.7. The molecular weight excluding hydrogens is 441 g/mol. The summed E-state index contributed by atoms with van der Waals surface area (Å²) in [5, 5.41) is 13.8. The molecule has 35 heavy (non-hydrogen) atoms. The highest BCUT2D eigenvalue weighted by Crippen LogP contribution is 2.35. The highest BCUT2D eigenvalue weighted by atomic mass is 19.1. The van der Waals surface area contributed by atoms with E-state index in [1.165, 1.54) is 12.5 Å². The summed E-state index contributed by atoms with van der Waals surface area (Å²) in [5.41, 5.74) is 1.88. The third kappa shape index (κ3) is 4.89. The summed E-state index contributed by atoms with van der Waals surface area (Å²) in [6.07, 6.45) is 10.3. The Morgan fingerprint density at radius 1 is 1.14 bits per heavy atom. The number of para-hydroxylation sites is 1. The van der Waals surface area contributed by atoms with Crippen LogP contribution in [0.5, 0.6) is 0 Å². The van der Waals surface area contributed by atoms with E-state index in [2.05, 4.69) is 26.3 Å². The SMILES string of the molecule is N#CC1(c2ccncc2)CCN(Cc2cc(C(=O)NC3CCCCC3)nc3c(F)cccc23)CC1. The number of hydrogen-bond donors (Lipinski definition) is 1. The van der Waals surface area contributed by atoms with Crippen LogP contribution in [0.3, 0.4) is 0 Å². The number of nitriles is 1. The molecule has 2 fully saturated rings. The molecule has 2 aliphatic rings. The number of nitrogens with zero attached hydrogens (tertiary/aromatic N) is 4. The number of piperidine rings is 1. The van der Waals surface area contributed by atoms with Crippen molar-refractivity contribution in [2.24, 2.45) is 0 Å². The zero-order valence-corrected chi connectivity index (χ0v) is 19.8. The minimum Gasteiger partial charge on any atom is -0.348 e. The van der Waals surface area contributed by atoms with Gasteiger partial charge in [-0.1, -0.05) is 31.4 Å². The van der Waals surface area contributed by atoms with Gasteiger partial charge in [0.15, 0.2) is 0 Å². The molecule has 1 aliphatic heterocycles. The van der Waals surface area contributed by atoms with Gasteiger partial charge in [0.2, 0.25) is 0 Å². The van der Waals surface area contributed by atoms with Crippen LogP contribution in [0.25, 0.3) is 10.9 Å². The van der Waals surface area contributed by atoms with Crippen LogP contribution in [0, 0.1) is 17.1 Å². The predicted molar refractivity (Wildman–Crippen MR) is 132 cm³/mol. The second-order valence-electron chi connectivity index (χ2n) is 9.82. The van der Waals surface area contributed by atoms with Crippen LogP contribution in [-0.2, 0) is 12.0 Å². The van der Waals surface area contributed by atoms with Crippen LogP contribution >= 0.6 is 0 Å². The molecule has 0 atom stereocenters. The first-order chi connectivity index (χ1) is 17.1. The zero-order chi connectivity index (χ0) is 24.3. The van der Waals surface area contributed by atoms with Gasteiger partial charge < -0.3 is 5.32 Å². The molecule has 6 nitrogen and oxygen atoms in total. The number of hydrogen-bond acceptors (Lipinski definition) is 5. The van der Waals surface area contributed by atoms with Crippen molar-refractivity contribution in [2.75, 3.05) is 13.1 Å². The molecule has 3 heterocycles. The average molecular weight is 472 g/mol. The van der Waals surface area contributed by atoms with E-state index in [4.69, 9.17) is 0 Å². The van der Waals surface area contributed by atoms with Crippen LogP contribution in [0.15, 0.2) is 48.8 Å². The fraction of sp³-hybridized carbons (Fsp3) is 0.429. The van der Waals surface area contributed by atoms with Crippen LogP contribution in [0.1, 0.15) is 66.6 Å². The number of rotatable bonds is 5. The van der Waals surface area contributed by atoms with Crippen molar-refractivity contribution in [3.05, 3.63) is 71.4 Å². The van der Waals surface area contributed by atoms with Crippen molar-refractivity contribution < 1.29 is 9.18 Å². The first-order valence-corrected chi connectivity index (χ1v) is 12.5. The van der Waals surface area contributed by atoms with Crippen molar-refractivity contribution in [3.8, 4) is 6.07 Å². The molecule has 0 unspecified atom stereocenters.